The first kappa shape index (κ1) is 18.7. The average Bonchev–Trinajstić information content (AvgIpc) is 3.34. The van der Waals surface area contributed by atoms with E-state index in [1.54, 1.807) is 30.3 Å². The van der Waals surface area contributed by atoms with Crippen molar-refractivity contribution in [3.05, 3.63) is 53.1 Å². The van der Waals surface area contributed by atoms with Crippen LogP contribution in [0.25, 0.3) is 0 Å². The van der Waals surface area contributed by atoms with E-state index in [0.717, 1.165) is 12.0 Å². The van der Waals surface area contributed by atoms with Crippen molar-refractivity contribution in [2.24, 2.45) is 17.0 Å². The molecule has 0 aromatic heterocycles. The van der Waals surface area contributed by atoms with E-state index in [1.165, 1.54) is 19.2 Å². The molecular formula is C18H19ClN2O4S. The van der Waals surface area contributed by atoms with E-state index in [0.29, 0.717) is 22.9 Å². The standard InChI is InChI=1S/C18H19ClN2O4S/c1-25-17-7-4-13(19)10-16(17)21-18(22)15-9-12(15)8-11-2-5-14(6-3-11)26(20,23)24/h2-7,10,12,15H,8-9H2,1H3,(H,21,22)(H2,20,23,24)/t12-,15-/m1/s1. The second-order valence-corrected chi connectivity index (χ2v) is 8.33. The molecule has 3 N–H and O–H groups in total. The van der Waals surface area contributed by atoms with Crippen molar-refractivity contribution in [1.82, 2.24) is 0 Å². The molecule has 2 aromatic carbocycles. The van der Waals surface area contributed by atoms with E-state index in [1.807, 2.05) is 0 Å². The molecule has 3 rings (SSSR count). The third kappa shape index (κ3) is 4.35. The van der Waals surface area contributed by atoms with E-state index in [2.05, 4.69) is 5.32 Å². The van der Waals surface area contributed by atoms with Crippen LogP contribution in [0.5, 0.6) is 5.75 Å². The average molecular weight is 395 g/mol. The molecule has 1 aliphatic carbocycles. The summed E-state index contributed by atoms with van der Waals surface area (Å²) in [6.45, 7) is 0. The number of anilines is 1. The van der Waals surface area contributed by atoms with E-state index in [4.69, 9.17) is 21.5 Å². The molecule has 138 valence electrons. The van der Waals surface area contributed by atoms with Crippen LogP contribution in [0.2, 0.25) is 5.02 Å². The number of carbonyl (C=O) groups is 1. The SMILES string of the molecule is COc1ccc(Cl)cc1NC(=O)[C@@H]1C[C@H]1Cc1ccc(S(N)(=O)=O)cc1. The summed E-state index contributed by atoms with van der Waals surface area (Å²) < 4.78 is 27.8. The second-order valence-electron chi connectivity index (χ2n) is 6.33. The number of halogens is 1. The lowest BCUT2D eigenvalue weighted by Gasteiger charge is -2.10. The van der Waals surface area contributed by atoms with Crippen LogP contribution < -0.4 is 15.2 Å². The molecule has 0 radical (unpaired) electrons. The first-order valence-corrected chi connectivity index (χ1v) is 9.96. The molecule has 1 amide bonds. The Morgan fingerprint density at radius 2 is 1.96 bits per heavy atom. The van der Waals surface area contributed by atoms with Crippen molar-refractivity contribution >= 4 is 33.2 Å². The molecule has 8 heteroatoms. The Bertz CT molecular complexity index is 929. The normalized spacial score (nSPS) is 19.0. The Hall–Kier alpha value is -2.09. The zero-order chi connectivity index (χ0) is 18.9. The fourth-order valence-corrected chi connectivity index (χ4v) is 3.60. The molecule has 1 aliphatic rings. The van der Waals surface area contributed by atoms with Gasteiger partial charge in [0.25, 0.3) is 0 Å². The highest BCUT2D eigenvalue weighted by molar-refractivity contribution is 7.89. The summed E-state index contributed by atoms with van der Waals surface area (Å²) in [5.41, 5.74) is 1.52. The van der Waals surface area contributed by atoms with Crippen LogP contribution in [-0.2, 0) is 21.2 Å². The molecule has 2 atom stereocenters. The van der Waals surface area contributed by atoms with Crippen LogP contribution >= 0.6 is 11.6 Å². The quantitative estimate of drug-likeness (QED) is 0.786. The van der Waals surface area contributed by atoms with Gasteiger partial charge in [0.05, 0.1) is 17.7 Å². The van der Waals surface area contributed by atoms with Gasteiger partial charge in [-0.3, -0.25) is 4.79 Å². The molecule has 0 heterocycles. The van der Waals surface area contributed by atoms with Crippen LogP contribution in [0.4, 0.5) is 5.69 Å². The number of carbonyl (C=O) groups excluding carboxylic acids is 1. The van der Waals surface area contributed by atoms with Gasteiger partial charge in [-0.25, -0.2) is 13.6 Å². The molecule has 26 heavy (non-hydrogen) atoms. The van der Waals surface area contributed by atoms with E-state index in [9.17, 15) is 13.2 Å². The highest BCUT2D eigenvalue weighted by Crippen LogP contribution is 2.42. The molecular weight excluding hydrogens is 376 g/mol. The minimum absolute atomic E-state index is 0.0725. The predicted octanol–water partition coefficient (Wildman–Crippen LogP) is 2.81. The Kier molecular flexibility index (Phi) is 5.22. The molecule has 2 aromatic rings. The van der Waals surface area contributed by atoms with E-state index >= 15 is 0 Å². The topological polar surface area (TPSA) is 98.5 Å². The van der Waals surface area contributed by atoms with Gasteiger partial charge in [0.1, 0.15) is 5.75 Å². The van der Waals surface area contributed by atoms with Crippen molar-refractivity contribution in [2.75, 3.05) is 12.4 Å². The Morgan fingerprint density at radius 3 is 2.58 bits per heavy atom. The summed E-state index contributed by atoms with van der Waals surface area (Å²) in [4.78, 5) is 12.5. The first-order chi connectivity index (χ1) is 12.3. The van der Waals surface area contributed by atoms with Gasteiger partial charge < -0.3 is 10.1 Å². The van der Waals surface area contributed by atoms with Crippen molar-refractivity contribution in [3.63, 3.8) is 0 Å². The van der Waals surface area contributed by atoms with Gasteiger partial charge in [-0.2, -0.15) is 0 Å². The zero-order valence-electron chi connectivity index (χ0n) is 14.1. The third-order valence-corrected chi connectivity index (χ3v) is 5.59. The number of benzene rings is 2. The minimum atomic E-state index is -3.69. The summed E-state index contributed by atoms with van der Waals surface area (Å²) in [6, 6.07) is 11.5. The maximum Gasteiger partial charge on any atom is 0.238 e. The molecule has 1 fully saturated rings. The Morgan fingerprint density at radius 1 is 1.27 bits per heavy atom. The third-order valence-electron chi connectivity index (χ3n) is 4.43. The number of nitrogens with one attached hydrogen (secondary N) is 1. The largest absolute Gasteiger partial charge is 0.495 e. The number of primary sulfonamides is 1. The lowest BCUT2D eigenvalue weighted by atomic mass is 10.1. The zero-order valence-corrected chi connectivity index (χ0v) is 15.7. The molecule has 6 nitrogen and oxygen atoms in total. The second kappa shape index (κ2) is 7.26. The fourth-order valence-electron chi connectivity index (χ4n) is 2.92. The van der Waals surface area contributed by atoms with Crippen LogP contribution in [0.15, 0.2) is 47.4 Å². The lowest BCUT2D eigenvalue weighted by molar-refractivity contribution is -0.117. The Balaban J connectivity index is 1.60. The number of ether oxygens (including phenoxy) is 1. The van der Waals surface area contributed by atoms with Gasteiger partial charge in [-0.1, -0.05) is 23.7 Å². The van der Waals surface area contributed by atoms with Gasteiger partial charge in [0.2, 0.25) is 15.9 Å². The van der Waals surface area contributed by atoms with Crippen molar-refractivity contribution in [3.8, 4) is 5.75 Å². The summed E-state index contributed by atoms with van der Waals surface area (Å²) >= 11 is 5.97. The first-order valence-electron chi connectivity index (χ1n) is 8.04. The van der Waals surface area contributed by atoms with E-state index < -0.39 is 10.0 Å². The van der Waals surface area contributed by atoms with Gasteiger partial charge in [0.15, 0.2) is 0 Å². The van der Waals surface area contributed by atoms with Gasteiger partial charge in [-0.05, 0) is 54.7 Å². The van der Waals surface area contributed by atoms with Gasteiger partial charge >= 0.3 is 0 Å². The number of nitrogens with two attached hydrogens (primary N) is 1. The van der Waals surface area contributed by atoms with Crippen LogP contribution in [0.3, 0.4) is 0 Å². The molecule has 1 saturated carbocycles. The number of rotatable bonds is 6. The molecule has 0 unspecified atom stereocenters. The van der Waals surface area contributed by atoms with Gasteiger partial charge in [0, 0.05) is 10.9 Å². The van der Waals surface area contributed by atoms with Crippen LogP contribution in [-0.4, -0.2) is 21.4 Å². The molecule has 0 bridgehead atoms. The fraction of sp³-hybridized carbons (Fsp3) is 0.278. The van der Waals surface area contributed by atoms with Crippen molar-refractivity contribution < 1.29 is 17.9 Å². The molecule has 0 spiro atoms. The molecule has 0 aliphatic heterocycles. The highest BCUT2D eigenvalue weighted by atomic mass is 35.5. The highest BCUT2D eigenvalue weighted by Gasteiger charge is 2.42. The van der Waals surface area contributed by atoms with Crippen LogP contribution in [0.1, 0.15) is 12.0 Å². The number of hydrogen-bond donors (Lipinski definition) is 2. The number of methoxy groups -OCH3 is 1. The van der Waals surface area contributed by atoms with Crippen molar-refractivity contribution in [2.45, 2.75) is 17.7 Å². The van der Waals surface area contributed by atoms with Crippen molar-refractivity contribution in [1.29, 1.82) is 0 Å². The number of sulfonamides is 1. The predicted molar refractivity (Wildman–Crippen MR) is 99.7 cm³/mol. The number of amides is 1. The Labute approximate surface area is 157 Å². The summed E-state index contributed by atoms with van der Waals surface area (Å²) in [7, 11) is -2.16. The van der Waals surface area contributed by atoms with Gasteiger partial charge in [-0.15, -0.1) is 0 Å². The summed E-state index contributed by atoms with van der Waals surface area (Å²) in [6.07, 6.45) is 1.49. The lowest BCUT2D eigenvalue weighted by Crippen LogP contribution is -2.16. The summed E-state index contributed by atoms with van der Waals surface area (Å²) in [5, 5.41) is 8.47. The molecule has 0 saturated heterocycles. The summed E-state index contributed by atoms with van der Waals surface area (Å²) in [5.74, 6) is 0.618. The number of hydrogen-bond acceptors (Lipinski definition) is 4. The minimum Gasteiger partial charge on any atom is -0.495 e. The smallest absolute Gasteiger partial charge is 0.238 e. The maximum atomic E-state index is 12.4. The monoisotopic (exact) mass is 394 g/mol. The van der Waals surface area contributed by atoms with Crippen LogP contribution in [0, 0.1) is 11.8 Å². The maximum absolute atomic E-state index is 12.4. The van der Waals surface area contributed by atoms with E-state index in [-0.39, 0.29) is 22.6 Å².